The highest BCUT2D eigenvalue weighted by atomic mass is 16.5. The quantitative estimate of drug-likeness (QED) is 0.797. The van der Waals surface area contributed by atoms with E-state index in [9.17, 15) is 5.11 Å². The summed E-state index contributed by atoms with van der Waals surface area (Å²) in [5.74, 6) is 0. The molecule has 0 radical (unpaired) electrons. The molecule has 0 aliphatic rings. The second-order valence-corrected chi connectivity index (χ2v) is 4.00. The van der Waals surface area contributed by atoms with Gasteiger partial charge in [0.2, 0.25) is 0 Å². The summed E-state index contributed by atoms with van der Waals surface area (Å²) in [6, 6.07) is 7.91. The van der Waals surface area contributed by atoms with E-state index < -0.39 is 6.10 Å². The highest BCUT2D eigenvalue weighted by Crippen LogP contribution is 2.20. The minimum atomic E-state index is -0.474. The Kier molecular flexibility index (Phi) is 4.14. The van der Waals surface area contributed by atoms with Crippen LogP contribution < -0.4 is 5.32 Å². The van der Waals surface area contributed by atoms with Gasteiger partial charge in [-0.05, 0) is 6.07 Å². The van der Waals surface area contributed by atoms with Gasteiger partial charge in [0.05, 0.1) is 19.0 Å². The Bertz CT molecular complexity index is 466. The summed E-state index contributed by atoms with van der Waals surface area (Å²) in [5, 5.41) is 13.8. The number of aliphatic hydroxyl groups is 1. The molecule has 1 aromatic carbocycles. The van der Waals surface area contributed by atoms with Crippen LogP contribution in [0.2, 0.25) is 0 Å². The highest BCUT2D eigenvalue weighted by Gasteiger charge is 2.06. The third-order valence-corrected chi connectivity index (χ3v) is 2.62. The van der Waals surface area contributed by atoms with Gasteiger partial charge in [-0.1, -0.05) is 18.2 Å². The monoisotopic (exact) mass is 235 g/mol. The number of hydrogen-bond acceptors (Lipinski definition) is 4. The summed E-state index contributed by atoms with van der Waals surface area (Å²) in [4.78, 5) is 0. The molecule has 2 N–H and O–H groups in total. The Hall–Kier alpha value is -1.36. The molecule has 4 heteroatoms. The van der Waals surface area contributed by atoms with Crippen molar-refractivity contribution in [1.29, 1.82) is 0 Å². The molecule has 0 bridgehead atoms. The second-order valence-electron chi connectivity index (χ2n) is 4.00. The predicted octanol–water partition coefficient (Wildman–Crippen LogP) is 1.53. The first kappa shape index (κ1) is 12.1. The van der Waals surface area contributed by atoms with Gasteiger partial charge in [-0.2, -0.15) is 0 Å². The fourth-order valence-corrected chi connectivity index (χ4v) is 1.79. The number of fused-ring (bicyclic) bond motifs is 1. The summed E-state index contributed by atoms with van der Waals surface area (Å²) < 4.78 is 10.3. The summed E-state index contributed by atoms with van der Waals surface area (Å²) in [7, 11) is 1.58. The molecule has 2 rings (SSSR count). The van der Waals surface area contributed by atoms with E-state index in [4.69, 9.17) is 9.15 Å². The van der Waals surface area contributed by atoms with E-state index in [0.717, 1.165) is 16.5 Å². The molecule has 0 spiro atoms. The van der Waals surface area contributed by atoms with E-state index in [1.54, 1.807) is 13.4 Å². The van der Waals surface area contributed by atoms with Gasteiger partial charge in [0.25, 0.3) is 0 Å². The molecular formula is C13H17NO3. The van der Waals surface area contributed by atoms with Crippen molar-refractivity contribution in [3.05, 3.63) is 36.1 Å². The summed E-state index contributed by atoms with van der Waals surface area (Å²) >= 11 is 0. The molecule has 1 unspecified atom stereocenters. The number of methoxy groups -OCH3 is 1. The van der Waals surface area contributed by atoms with Gasteiger partial charge in [0.15, 0.2) is 0 Å². The summed E-state index contributed by atoms with van der Waals surface area (Å²) in [6.45, 7) is 1.53. The smallest absolute Gasteiger partial charge is 0.134 e. The first-order chi connectivity index (χ1) is 8.31. The minimum Gasteiger partial charge on any atom is -0.464 e. The molecule has 4 nitrogen and oxygen atoms in total. The molecule has 1 heterocycles. The van der Waals surface area contributed by atoms with Crippen LogP contribution in [0, 0.1) is 0 Å². The summed E-state index contributed by atoms with van der Waals surface area (Å²) in [6.07, 6.45) is 1.28. The van der Waals surface area contributed by atoms with Crippen LogP contribution in [-0.4, -0.2) is 31.5 Å². The number of para-hydroxylation sites is 1. The van der Waals surface area contributed by atoms with E-state index in [0.29, 0.717) is 19.7 Å². The average Bonchev–Trinajstić information content (AvgIpc) is 2.73. The van der Waals surface area contributed by atoms with Gasteiger partial charge < -0.3 is 19.6 Å². The lowest BCUT2D eigenvalue weighted by Crippen LogP contribution is -2.29. The third-order valence-electron chi connectivity index (χ3n) is 2.62. The highest BCUT2D eigenvalue weighted by molar-refractivity contribution is 5.80. The van der Waals surface area contributed by atoms with Gasteiger partial charge in [-0.3, -0.25) is 0 Å². The third kappa shape index (κ3) is 3.06. The topological polar surface area (TPSA) is 54.6 Å². The fourth-order valence-electron chi connectivity index (χ4n) is 1.79. The zero-order valence-electron chi connectivity index (χ0n) is 9.85. The van der Waals surface area contributed by atoms with Gasteiger partial charge in [0.1, 0.15) is 5.58 Å². The Balaban J connectivity index is 1.91. The molecule has 1 atom stereocenters. The first-order valence-corrected chi connectivity index (χ1v) is 5.64. The average molecular weight is 235 g/mol. The maximum atomic E-state index is 9.48. The van der Waals surface area contributed by atoms with Crippen LogP contribution in [-0.2, 0) is 11.3 Å². The Labute approximate surface area is 100 Å². The lowest BCUT2D eigenvalue weighted by molar-refractivity contribution is 0.0644. The van der Waals surface area contributed by atoms with Crippen molar-refractivity contribution >= 4 is 11.0 Å². The van der Waals surface area contributed by atoms with Crippen LogP contribution in [0.1, 0.15) is 5.56 Å². The number of benzene rings is 1. The molecule has 17 heavy (non-hydrogen) atoms. The van der Waals surface area contributed by atoms with Gasteiger partial charge in [0, 0.05) is 31.1 Å². The molecule has 0 saturated heterocycles. The van der Waals surface area contributed by atoms with Crippen LogP contribution in [0.4, 0.5) is 0 Å². The molecular weight excluding hydrogens is 218 g/mol. The van der Waals surface area contributed by atoms with E-state index in [1.807, 2.05) is 24.3 Å². The number of ether oxygens (including phenoxy) is 1. The Morgan fingerprint density at radius 2 is 2.24 bits per heavy atom. The number of rotatable bonds is 6. The van der Waals surface area contributed by atoms with E-state index in [1.165, 1.54) is 0 Å². The van der Waals surface area contributed by atoms with E-state index in [-0.39, 0.29) is 0 Å². The first-order valence-electron chi connectivity index (χ1n) is 5.64. The van der Waals surface area contributed by atoms with E-state index in [2.05, 4.69) is 5.32 Å². The fraction of sp³-hybridized carbons (Fsp3) is 0.385. The lowest BCUT2D eigenvalue weighted by Gasteiger charge is -2.09. The van der Waals surface area contributed by atoms with Crippen LogP contribution >= 0.6 is 0 Å². The number of aliphatic hydroxyl groups excluding tert-OH is 1. The lowest BCUT2D eigenvalue weighted by atomic mass is 10.2. The molecule has 92 valence electrons. The van der Waals surface area contributed by atoms with Gasteiger partial charge in [-0.15, -0.1) is 0 Å². The van der Waals surface area contributed by atoms with Gasteiger partial charge in [-0.25, -0.2) is 0 Å². The van der Waals surface area contributed by atoms with Crippen molar-refractivity contribution in [3.8, 4) is 0 Å². The second kappa shape index (κ2) is 5.82. The number of hydrogen-bond donors (Lipinski definition) is 2. The maximum Gasteiger partial charge on any atom is 0.134 e. The Morgan fingerprint density at radius 1 is 1.41 bits per heavy atom. The number of nitrogens with one attached hydrogen (secondary N) is 1. The molecule has 0 fully saturated rings. The van der Waals surface area contributed by atoms with Crippen molar-refractivity contribution < 1.29 is 14.3 Å². The van der Waals surface area contributed by atoms with Crippen LogP contribution in [0.15, 0.2) is 34.9 Å². The van der Waals surface area contributed by atoms with E-state index >= 15 is 0 Å². The van der Waals surface area contributed by atoms with Crippen molar-refractivity contribution in [2.24, 2.45) is 0 Å². The van der Waals surface area contributed by atoms with Crippen LogP contribution in [0.5, 0.6) is 0 Å². The van der Waals surface area contributed by atoms with Crippen molar-refractivity contribution in [1.82, 2.24) is 5.32 Å². The normalized spacial score (nSPS) is 13.1. The largest absolute Gasteiger partial charge is 0.464 e. The van der Waals surface area contributed by atoms with Gasteiger partial charge >= 0.3 is 0 Å². The maximum absolute atomic E-state index is 9.48. The predicted molar refractivity (Wildman–Crippen MR) is 65.8 cm³/mol. The Morgan fingerprint density at radius 3 is 3.06 bits per heavy atom. The summed E-state index contributed by atoms with van der Waals surface area (Å²) in [5.41, 5.74) is 1.99. The minimum absolute atomic E-state index is 0.346. The zero-order valence-corrected chi connectivity index (χ0v) is 9.85. The zero-order chi connectivity index (χ0) is 12.1. The molecule has 0 saturated carbocycles. The molecule has 2 aromatic rings. The molecule has 0 aliphatic carbocycles. The molecule has 0 aliphatic heterocycles. The van der Waals surface area contributed by atoms with Crippen LogP contribution in [0.25, 0.3) is 11.0 Å². The SMILES string of the molecule is COCC(O)CNCc1coc2ccccc12. The van der Waals surface area contributed by atoms with Crippen LogP contribution in [0.3, 0.4) is 0 Å². The standard InChI is InChI=1S/C13H17NO3/c1-16-9-11(15)7-14-6-10-8-17-13-5-3-2-4-12(10)13/h2-5,8,11,14-15H,6-7,9H2,1H3. The van der Waals surface area contributed by atoms with Crippen molar-refractivity contribution in [2.75, 3.05) is 20.3 Å². The van der Waals surface area contributed by atoms with Crippen molar-refractivity contribution in [3.63, 3.8) is 0 Å². The molecule has 0 amide bonds. The number of furan rings is 1. The molecule has 1 aromatic heterocycles. The van der Waals surface area contributed by atoms with Crippen molar-refractivity contribution in [2.45, 2.75) is 12.6 Å².